The molecule has 4 aliphatic rings. The number of nitrogens with zero attached hydrogens (tertiary/aromatic N) is 2. The topological polar surface area (TPSA) is 139 Å². The van der Waals surface area contributed by atoms with Crippen molar-refractivity contribution in [1.82, 2.24) is 14.6 Å². The monoisotopic (exact) mass is 670 g/mol. The Bertz CT molecular complexity index is 1650. The van der Waals surface area contributed by atoms with Gasteiger partial charge in [-0.3, -0.25) is 0 Å². The summed E-state index contributed by atoms with van der Waals surface area (Å²) < 4.78 is 47.9. The van der Waals surface area contributed by atoms with E-state index in [1.54, 1.807) is 18.2 Å². The molecule has 13 heteroatoms. The van der Waals surface area contributed by atoms with Crippen LogP contribution in [0.1, 0.15) is 45.1 Å². The lowest BCUT2D eigenvalue weighted by Crippen LogP contribution is -2.52. The normalized spacial score (nSPS) is 26.8. The van der Waals surface area contributed by atoms with Crippen LogP contribution in [-0.4, -0.2) is 85.3 Å². The lowest BCUT2D eigenvalue weighted by Gasteiger charge is -2.33. The summed E-state index contributed by atoms with van der Waals surface area (Å²) in [4.78, 5) is 18.1. The van der Waals surface area contributed by atoms with Crippen LogP contribution in [0.3, 0.4) is 0 Å². The molecule has 2 saturated carbocycles. The molecule has 1 aromatic heterocycles. The summed E-state index contributed by atoms with van der Waals surface area (Å²) >= 11 is 1.44. The minimum Gasteiger partial charge on any atom is -0.446 e. The number of amides is 1. The van der Waals surface area contributed by atoms with Gasteiger partial charge in [-0.1, -0.05) is 55.5 Å². The van der Waals surface area contributed by atoms with Gasteiger partial charge in [-0.25, -0.2) is 18.2 Å². The molecule has 7 atom stereocenters. The Hall–Kier alpha value is -2.81. The van der Waals surface area contributed by atoms with E-state index < -0.39 is 28.3 Å². The van der Waals surface area contributed by atoms with Crippen molar-refractivity contribution < 1.29 is 32.5 Å². The number of sulfonamides is 1. The molecule has 0 spiro atoms. The number of anilines is 1. The number of aliphatic hydroxyl groups excluding tert-OH is 1. The third-order valence-electron chi connectivity index (χ3n) is 9.37. The highest BCUT2D eigenvalue weighted by molar-refractivity contribution is 7.89. The lowest BCUT2D eigenvalue weighted by atomic mass is 9.79. The molecule has 2 bridgehead atoms. The van der Waals surface area contributed by atoms with Gasteiger partial charge < -0.3 is 30.0 Å². The van der Waals surface area contributed by atoms with Gasteiger partial charge in [0.15, 0.2) is 11.4 Å². The third kappa shape index (κ3) is 6.90. The summed E-state index contributed by atoms with van der Waals surface area (Å²) in [6, 6.07) is 14.1. The van der Waals surface area contributed by atoms with Crippen LogP contribution in [0.25, 0.3) is 10.2 Å². The van der Waals surface area contributed by atoms with E-state index in [0.717, 1.165) is 40.2 Å². The zero-order valence-electron chi connectivity index (χ0n) is 26.1. The first-order valence-corrected chi connectivity index (χ1v) is 18.5. The molecule has 3 heterocycles. The highest BCUT2D eigenvalue weighted by Crippen LogP contribution is 2.47. The first-order chi connectivity index (χ1) is 22.1. The van der Waals surface area contributed by atoms with E-state index in [1.807, 2.05) is 44.2 Å². The average Bonchev–Trinajstić information content (AvgIpc) is 3.43. The van der Waals surface area contributed by atoms with Crippen LogP contribution in [0.5, 0.6) is 0 Å². The second-order valence-electron chi connectivity index (χ2n) is 13.5. The number of hydrogen-bond acceptors (Lipinski definition) is 10. The molecular formula is C33H42N4O7S2. The molecule has 248 valence electrons. The smallest absolute Gasteiger partial charge is 0.407 e. The van der Waals surface area contributed by atoms with E-state index in [-0.39, 0.29) is 54.2 Å². The van der Waals surface area contributed by atoms with Crippen molar-refractivity contribution in [1.29, 1.82) is 0 Å². The molecule has 0 radical (unpaired) electrons. The quantitative estimate of drug-likeness (QED) is 0.242. The first kappa shape index (κ1) is 31.8. The average molecular weight is 671 g/mol. The van der Waals surface area contributed by atoms with Crippen molar-refractivity contribution >= 4 is 42.8 Å². The number of carbonyl (C=O) groups is 1. The van der Waals surface area contributed by atoms with Crippen LogP contribution in [0, 0.1) is 17.8 Å². The lowest BCUT2D eigenvalue weighted by molar-refractivity contribution is -0.130. The van der Waals surface area contributed by atoms with E-state index in [9.17, 15) is 18.3 Å². The number of fused-ring (bicyclic) bond motifs is 2. The van der Waals surface area contributed by atoms with Crippen molar-refractivity contribution in [2.24, 2.45) is 17.8 Å². The van der Waals surface area contributed by atoms with Crippen molar-refractivity contribution in [3.8, 4) is 0 Å². The fourth-order valence-electron chi connectivity index (χ4n) is 6.90. The van der Waals surface area contributed by atoms with Crippen LogP contribution in [0.15, 0.2) is 53.4 Å². The molecule has 3 N–H and O–H groups in total. The highest BCUT2D eigenvalue weighted by Gasteiger charge is 2.54. The Kier molecular flexibility index (Phi) is 8.98. The van der Waals surface area contributed by atoms with Gasteiger partial charge in [-0.15, -0.1) is 0 Å². The molecule has 2 saturated heterocycles. The Morgan fingerprint density at radius 2 is 1.93 bits per heavy atom. The predicted octanol–water partition coefficient (Wildman–Crippen LogP) is 4.37. The summed E-state index contributed by atoms with van der Waals surface area (Å²) in [7, 11) is -3.99. The molecule has 1 amide bonds. The molecule has 7 rings (SSSR count). The van der Waals surface area contributed by atoms with Crippen molar-refractivity contribution in [2.75, 3.05) is 25.0 Å². The van der Waals surface area contributed by atoms with Gasteiger partial charge in [0.1, 0.15) is 6.10 Å². The Balaban J connectivity index is 1.09. The van der Waals surface area contributed by atoms with Gasteiger partial charge in [0.05, 0.1) is 40.0 Å². The number of hydrogen-bond donors (Lipinski definition) is 3. The molecule has 3 aromatic rings. The van der Waals surface area contributed by atoms with Crippen LogP contribution < -0.4 is 10.6 Å². The van der Waals surface area contributed by atoms with Crippen LogP contribution >= 0.6 is 11.3 Å². The van der Waals surface area contributed by atoms with Crippen molar-refractivity contribution in [3.63, 3.8) is 0 Å². The number of thiazole rings is 1. The first-order valence-electron chi connectivity index (χ1n) is 16.3. The molecule has 11 nitrogen and oxygen atoms in total. The summed E-state index contributed by atoms with van der Waals surface area (Å²) in [5.41, 5.74) is 1.64. The SMILES string of the molecule is CC(C)CN(C[C@@H](O)[C@H](Cc1ccccc1)NC(=O)OC1CC2C[C@H]3[C@H](OC[C@@H]13)O2)S(=O)(=O)c1ccc2nc(NC3CC3)sc2c1. The molecule has 2 aliphatic heterocycles. The molecule has 2 unspecified atom stereocenters. The molecule has 2 aromatic carbocycles. The molecule has 2 aliphatic carbocycles. The minimum atomic E-state index is -3.99. The largest absolute Gasteiger partial charge is 0.446 e. The van der Waals surface area contributed by atoms with Gasteiger partial charge in [0, 0.05) is 37.4 Å². The molecular weight excluding hydrogens is 629 g/mol. The summed E-state index contributed by atoms with van der Waals surface area (Å²) in [6.45, 7) is 4.36. The van der Waals surface area contributed by atoms with E-state index >= 15 is 0 Å². The maximum Gasteiger partial charge on any atom is 0.407 e. The fraction of sp³-hybridized carbons (Fsp3) is 0.576. The number of rotatable bonds is 13. The molecule has 4 fully saturated rings. The van der Waals surface area contributed by atoms with E-state index in [0.29, 0.717) is 25.5 Å². The van der Waals surface area contributed by atoms with E-state index in [4.69, 9.17) is 14.2 Å². The number of aromatic nitrogens is 1. The highest BCUT2D eigenvalue weighted by atomic mass is 32.2. The number of carbonyl (C=O) groups excluding carboxylic acids is 1. The van der Waals surface area contributed by atoms with Gasteiger partial charge in [0.2, 0.25) is 10.0 Å². The summed E-state index contributed by atoms with van der Waals surface area (Å²) in [5, 5.41) is 18.7. The number of nitrogens with one attached hydrogen (secondary N) is 2. The number of alkyl carbamates (subject to hydrolysis) is 1. The minimum absolute atomic E-state index is 0.00435. The standard InChI is InChI=1S/C33H42N4O7S2/c1-19(2)16-37(46(40,41)23-10-11-26-30(15-23)45-32(35-26)34-21-8-9-21)17-28(38)27(12-20-6-4-3-5-7-20)36-33(39)44-29-14-22-13-24-25(29)18-42-31(24)43-22/h3-7,10-11,15,19,21-22,24-25,27-29,31,38H,8-9,12-14,16-18H2,1-2H3,(H,34,35)(H,36,39)/t22?,24-,25-,27+,28-,29?,31-/m1/s1. The van der Waals surface area contributed by atoms with Crippen LogP contribution in [0.4, 0.5) is 9.93 Å². The van der Waals surface area contributed by atoms with Gasteiger partial charge >= 0.3 is 6.09 Å². The summed E-state index contributed by atoms with van der Waals surface area (Å²) in [5.74, 6) is 0.299. The Morgan fingerprint density at radius 3 is 2.70 bits per heavy atom. The van der Waals surface area contributed by atoms with Crippen LogP contribution in [-0.2, 0) is 30.7 Å². The Morgan fingerprint density at radius 1 is 1.13 bits per heavy atom. The third-order valence-corrected chi connectivity index (χ3v) is 12.2. The maximum absolute atomic E-state index is 14.1. The molecule has 46 heavy (non-hydrogen) atoms. The van der Waals surface area contributed by atoms with E-state index in [2.05, 4.69) is 15.6 Å². The van der Waals surface area contributed by atoms with Crippen LogP contribution in [0.2, 0.25) is 0 Å². The van der Waals surface area contributed by atoms with E-state index in [1.165, 1.54) is 15.6 Å². The second-order valence-corrected chi connectivity index (χ2v) is 16.5. The second kappa shape index (κ2) is 13.0. The maximum atomic E-state index is 14.1. The number of ether oxygens (including phenoxy) is 3. The number of benzene rings is 2. The summed E-state index contributed by atoms with van der Waals surface area (Å²) in [6.07, 6.45) is 1.66. The van der Waals surface area contributed by atoms with Gasteiger partial charge in [-0.05, 0) is 55.4 Å². The van der Waals surface area contributed by atoms with Crippen molar-refractivity contribution in [2.45, 2.75) is 87.5 Å². The number of aliphatic hydroxyl groups is 1. The van der Waals surface area contributed by atoms with Crippen molar-refractivity contribution in [3.05, 3.63) is 54.1 Å². The predicted molar refractivity (Wildman–Crippen MR) is 174 cm³/mol. The van der Waals surface area contributed by atoms with Gasteiger partial charge in [0.25, 0.3) is 0 Å². The zero-order valence-corrected chi connectivity index (χ0v) is 27.7. The Labute approximate surface area is 273 Å². The zero-order chi connectivity index (χ0) is 32.0. The van der Waals surface area contributed by atoms with Gasteiger partial charge in [-0.2, -0.15) is 4.31 Å². The fourth-order valence-corrected chi connectivity index (χ4v) is 9.61.